The minimum atomic E-state index is -0.936. The van der Waals surface area contributed by atoms with Crippen molar-refractivity contribution < 1.29 is 19.1 Å². The van der Waals surface area contributed by atoms with E-state index in [9.17, 15) is 9.59 Å². The fourth-order valence-corrected chi connectivity index (χ4v) is 1.38. The van der Waals surface area contributed by atoms with Crippen molar-refractivity contribution >= 4 is 17.6 Å². The first-order valence-electron chi connectivity index (χ1n) is 6.15. The number of carbonyl (C=O) groups is 2. The van der Waals surface area contributed by atoms with E-state index in [2.05, 4.69) is 5.32 Å². The van der Waals surface area contributed by atoms with Crippen LogP contribution in [0.4, 0.5) is 5.69 Å². The summed E-state index contributed by atoms with van der Waals surface area (Å²) in [4.78, 5) is 23.1. The third-order valence-corrected chi connectivity index (χ3v) is 2.36. The summed E-state index contributed by atoms with van der Waals surface area (Å²) in [6, 6.07) is 8.43. The Morgan fingerprint density at radius 1 is 1.45 bits per heavy atom. The molecule has 0 spiro atoms. The molecule has 0 aliphatic rings. The maximum atomic E-state index is 11.8. The van der Waals surface area contributed by atoms with E-state index in [-0.39, 0.29) is 6.61 Å². The summed E-state index contributed by atoms with van der Waals surface area (Å²) in [5.74, 6) is -1.06. The maximum absolute atomic E-state index is 11.8. The molecule has 0 aromatic heterocycles. The standard InChI is InChI=1S/C14H16N2O4/c1-3-19-9-13(17)20-10(2)14(18)16-12-6-4-5-11(7-12)8-15/h4-7,10H,3,9H2,1-2H3,(H,16,18)/t10-/m0/s1. The van der Waals surface area contributed by atoms with Gasteiger partial charge in [-0.25, -0.2) is 4.79 Å². The summed E-state index contributed by atoms with van der Waals surface area (Å²) in [7, 11) is 0. The van der Waals surface area contributed by atoms with Crippen LogP contribution in [0, 0.1) is 11.3 Å². The Bertz CT molecular complexity index is 522. The summed E-state index contributed by atoms with van der Waals surface area (Å²) in [5.41, 5.74) is 0.908. The maximum Gasteiger partial charge on any atom is 0.332 e. The monoisotopic (exact) mass is 276 g/mol. The Balaban J connectivity index is 2.53. The molecular weight excluding hydrogens is 260 g/mol. The molecule has 6 nitrogen and oxygen atoms in total. The molecule has 0 bridgehead atoms. The Morgan fingerprint density at radius 2 is 2.20 bits per heavy atom. The van der Waals surface area contributed by atoms with Gasteiger partial charge in [-0.05, 0) is 32.0 Å². The quantitative estimate of drug-likeness (QED) is 0.795. The molecule has 1 amide bonds. The number of hydrogen-bond acceptors (Lipinski definition) is 5. The summed E-state index contributed by atoms with van der Waals surface area (Å²) in [6.07, 6.45) is -0.936. The van der Waals surface area contributed by atoms with Crippen molar-refractivity contribution in [3.8, 4) is 6.07 Å². The summed E-state index contributed by atoms with van der Waals surface area (Å²) < 4.78 is 9.78. The molecule has 0 fully saturated rings. The van der Waals surface area contributed by atoms with Crippen molar-refractivity contribution in [3.05, 3.63) is 29.8 Å². The van der Waals surface area contributed by atoms with Gasteiger partial charge >= 0.3 is 5.97 Å². The molecule has 1 aromatic carbocycles. The summed E-state index contributed by atoms with van der Waals surface area (Å²) >= 11 is 0. The second-order valence-corrected chi connectivity index (χ2v) is 3.95. The van der Waals surface area contributed by atoms with Crippen LogP contribution in [0.25, 0.3) is 0 Å². The average Bonchev–Trinajstić information content (AvgIpc) is 2.45. The van der Waals surface area contributed by atoms with Crippen molar-refractivity contribution in [2.45, 2.75) is 20.0 Å². The van der Waals surface area contributed by atoms with Gasteiger partial charge in [-0.15, -0.1) is 0 Å². The molecule has 106 valence electrons. The van der Waals surface area contributed by atoms with Gasteiger partial charge in [0.15, 0.2) is 6.10 Å². The normalized spacial score (nSPS) is 11.2. The Labute approximate surface area is 117 Å². The number of nitriles is 1. The Hall–Kier alpha value is -2.39. The number of hydrogen-bond donors (Lipinski definition) is 1. The lowest BCUT2D eigenvalue weighted by Crippen LogP contribution is -2.31. The lowest BCUT2D eigenvalue weighted by Gasteiger charge is -2.13. The van der Waals surface area contributed by atoms with Crippen LogP contribution in [0.1, 0.15) is 19.4 Å². The van der Waals surface area contributed by atoms with E-state index in [0.717, 1.165) is 0 Å². The smallest absolute Gasteiger partial charge is 0.332 e. The molecule has 1 rings (SSSR count). The van der Waals surface area contributed by atoms with Crippen LogP contribution in [-0.2, 0) is 19.1 Å². The molecule has 0 unspecified atom stereocenters. The topological polar surface area (TPSA) is 88.4 Å². The summed E-state index contributed by atoms with van der Waals surface area (Å²) in [5, 5.41) is 11.3. The number of ether oxygens (including phenoxy) is 2. The highest BCUT2D eigenvalue weighted by Gasteiger charge is 2.17. The first-order valence-corrected chi connectivity index (χ1v) is 6.15. The molecular formula is C14H16N2O4. The third kappa shape index (κ3) is 5.08. The van der Waals surface area contributed by atoms with Gasteiger partial charge in [0.2, 0.25) is 0 Å². The zero-order valence-corrected chi connectivity index (χ0v) is 11.4. The second kappa shape index (κ2) is 7.92. The molecule has 0 saturated heterocycles. The van der Waals surface area contributed by atoms with E-state index in [4.69, 9.17) is 14.7 Å². The van der Waals surface area contributed by atoms with Crippen molar-refractivity contribution in [3.63, 3.8) is 0 Å². The number of nitrogens with zero attached hydrogens (tertiary/aromatic N) is 1. The number of amides is 1. The predicted molar refractivity (Wildman–Crippen MR) is 71.8 cm³/mol. The number of anilines is 1. The van der Waals surface area contributed by atoms with Gasteiger partial charge in [0.25, 0.3) is 5.91 Å². The highest BCUT2D eigenvalue weighted by molar-refractivity contribution is 5.95. The highest BCUT2D eigenvalue weighted by atomic mass is 16.6. The number of benzene rings is 1. The van der Waals surface area contributed by atoms with Crippen LogP contribution in [0.2, 0.25) is 0 Å². The SMILES string of the molecule is CCOCC(=O)O[C@@H](C)C(=O)Nc1cccc(C#N)c1. The fourth-order valence-electron chi connectivity index (χ4n) is 1.38. The minimum Gasteiger partial charge on any atom is -0.451 e. The first kappa shape index (κ1) is 15.7. The largest absolute Gasteiger partial charge is 0.451 e. The van der Waals surface area contributed by atoms with Gasteiger partial charge in [-0.2, -0.15) is 5.26 Å². The predicted octanol–water partition coefficient (Wildman–Crippen LogP) is 1.46. The highest BCUT2D eigenvalue weighted by Crippen LogP contribution is 2.10. The van der Waals surface area contributed by atoms with Crippen LogP contribution < -0.4 is 5.32 Å². The van der Waals surface area contributed by atoms with Crippen LogP contribution in [-0.4, -0.2) is 31.2 Å². The van der Waals surface area contributed by atoms with E-state index < -0.39 is 18.0 Å². The number of esters is 1. The zero-order chi connectivity index (χ0) is 15.0. The Morgan fingerprint density at radius 3 is 2.85 bits per heavy atom. The lowest BCUT2D eigenvalue weighted by atomic mass is 10.2. The van der Waals surface area contributed by atoms with Crippen molar-refractivity contribution in [2.75, 3.05) is 18.5 Å². The molecule has 0 aliphatic carbocycles. The van der Waals surface area contributed by atoms with Crippen molar-refractivity contribution in [1.29, 1.82) is 5.26 Å². The van der Waals surface area contributed by atoms with Crippen LogP contribution >= 0.6 is 0 Å². The van der Waals surface area contributed by atoms with E-state index >= 15 is 0 Å². The molecule has 20 heavy (non-hydrogen) atoms. The first-order chi connectivity index (χ1) is 9.56. The number of rotatable bonds is 6. The zero-order valence-electron chi connectivity index (χ0n) is 11.4. The van der Waals surface area contributed by atoms with Crippen molar-refractivity contribution in [1.82, 2.24) is 0 Å². The van der Waals surface area contributed by atoms with Crippen LogP contribution in [0.5, 0.6) is 0 Å². The number of carbonyl (C=O) groups excluding carboxylic acids is 2. The average molecular weight is 276 g/mol. The van der Waals surface area contributed by atoms with E-state index in [1.54, 1.807) is 25.1 Å². The fraction of sp³-hybridized carbons (Fsp3) is 0.357. The van der Waals surface area contributed by atoms with Crippen molar-refractivity contribution in [2.24, 2.45) is 0 Å². The number of nitrogens with one attached hydrogen (secondary N) is 1. The second-order valence-electron chi connectivity index (χ2n) is 3.95. The molecule has 0 radical (unpaired) electrons. The van der Waals surface area contributed by atoms with Gasteiger partial charge in [0, 0.05) is 12.3 Å². The molecule has 0 aliphatic heterocycles. The van der Waals surface area contributed by atoms with Gasteiger partial charge in [0.1, 0.15) is 6.61 Å². The van der Waals surface area contributed by atoms with Gasteiger partial charge in [-0.3, -0.25) is 4.79 Å². The van der Waals surface area contributed by atoms with E-state index in [0.29, 0.717) is 17.9 Å². The van der Waals surface area contributed by atoms with E-state index in [1.165, 1.54) is 13.0 Å². The van der Waals surface area contributed by atoms with E-state index in [1.807, 2.05) is 6.07 Å². The minimum absolute atomic E-state index is 0.183. The summed E-state index contributed by atoms with van der Waals surface area (Å²) in [6.45, 7) is 3.44. The third-order valence-electron chi connectivity index (χ3n) is 2.36. The molecule has 1 N–H and O–H groups in total. The Kier molecular flexibility index (Phi) is 6.20. The lowest BCUT2D eigenvalue weighted by molar-refractivity contribution is -0.157. The molecule has 1 aromatic rings. The molecule has 6 heteroatoms. The molecule has 1 atom stereocenters. The van der Waals surface area contributed by atoms with Gasteiger partial charge in [-0.1, -0.05) is 6.07 Å². The van der Waals surface area contributed by atoms with Crippen LogP contribution in [0.3, 0.4) is 0 Å². The van der Waals surface area contributed by atoms with Gasteiger partial charge < -0.3 is 14.8 Å². The molecule has 0 saturated carbocycles. The van der Waals surface area contributed by atoms with Crippen LogP contribution in [0.15, 0.2) is 24.3 Å². The van der Waals surface area contributed by atoms with Gasteiger partial charge in [0.05, 0.1) is 11.6 Å². The molecule has 0 heterocycles.